The maximum atomic E-state index is 4.37. The lowest BCUT2D eigenvalue weighted by Crippen LogP contribution is -2.05. The monoisotopic (exact) mass is 618 g/mol. The van der Waals surface area contributed by atoms with Gasteiger partial charge in [0.2, 0.25) is 0 Å². The van der Waals surface area contributed by atoms with Crippen LogP contribution in [0.5, 0.6) is 0 Å². The highest BCUT2D eigenvalue weighted by Gasteiger charge is 2.23. The van der Waals surface area contributed by atoms with E-state index in [9.17, 15) is 0 Å². The lowest BCUT2D eigenvalue weighted by Gasteiger charge is -2.21. The number of hydrogen-bond donors (Lipinski definition) is 0. The SMILES string of the molecule is Cc1ccc2c(c1)c1cc(C)ccc1n2-c1cc(-c2ccncc2)c(-c2ccncc2)cc1-n1c2ccc(C)cc2c2cc(C)ccc21. The molecule has 0 unspecified atom stereocenters. The summed E-state index contributed by atoms with van der Waals surface area (Å²) in [4.78, 5) is 8.73. The molecule has 0 bridgehead atoms. The van der Waals surface area contributed by atoms with Crippen molar-refractivity contribution in [2.45, 2.75) is 27.7 Å². The second-order valence-electron chi connectivity index (χ2n) is 13.1. The van der Waals surface area contributed by atoms with Crippen LogP contribution in [0, 0.1) is 27.7 Å². The maximum Gasteiger partial charge on any atom is 0.0709 e. The molecule has 4 heteroatoms. The molecule has 4 aromatic heterocycles. The van der Waals surface area contributed by atoms with E-state index < -0.39 is 0 Å². The van der Waals surface area contributed by atoms with Crippen LogP contribution in [-0.4, -0.2) is 19.1 Å². The van der Waals surface area contributed by atoms with Crippen LogP contribution in [-0.2, 0) is 0 Å². The minimum Gasteiger partial charge on any atom is -0.307 e. The van der Waals surface area contributed by atoms with Crippen LogP contribution in [0.15, 0.2) is 134 Å². The van der Waals surface area contributed by atoms with Gasteiger partial charge in [-0.1, -0.05) is 46.5 Å². The van der Waals surface area contributed by atoms with Crippen molar-refractivity contribution in [3.8, 4) is 33.6 Å². The van der Waals surface area contributed by atoms with E-state index in [0.717, 1.165) is 33.6 Å². The molecule has 4 nitrogen and oxygen atoms in total. The molecule has 0 saturated carbocycles. The van der Waals surface area contributed by atoms with Crippen LogP contribution in [0.2, 0.25) is 0 Å². The van der Waals surface area contributed by atoms with Crippen molar-refractivity contribution < 1.29 is 0 Å². The van der Waals surface area contributed by atoms with Crippen molar-refractivity contribution in [3.63, 3.8) is 0 Å². The molecule has 230 valence electrons. The lowest BCUT2D eigenvalue weighted by atomic mass is 9.93. The number of nitrogens with zero attached hydrogens (tertiary/aromatic N) is 4. The molecule has 0 amide bonds. The minimum absolute atomic E-state index is 1.12. The molecule has 0 radical (unpaired) electrons. The Balaban J connectivity index is 1.51. The number of aromatic nitrogens is 4. The van der Waals surface area contributed by atoms with Gasteiger partial charge in [-0.05, 0) is 135 Å². The fourth-order valence-corrected chi connectivity index (χ4v) is 7.50. The van der Waals surface area contributed by atoms with E-state index in [-0.39, 0.29) is 0 Å². The molecule has 9 aromatic rings. The third-order valence-electron chi connectivity index (χ3n) is 9.73. The first-order valence-electron chi connectivity index (χ1n) is 16.5. The quantitative estimate of drug-likeness (QED) is 0.197. The average molecular weight is 619 g/mol. The molecule has 0 fully saturated rings. The first-order valence-corrected chi connectivity index (χ1v) is 16.5. The van der Waals surface area contributed by atoms with Gasteiger partial charge in [0.25, 0.3) is 0 Å². The van der Waals surface area contributed by atoms with Gasteiger partial charge in [0, 0.05) is 46.3 Å². The van der Waals surface area contributed by atoms with Gasteiger partial charge in [-0.15, -0.1) is 0 Å². The molecule has 0 saturated heterocycles. The zero-order valence-corrected chi connectivity index (χ0v) is 27.5. The molecule has 48 heavy (non-hydrogen) atoms. The minimum atomic E-state index is 1.12. The molecule has 4 heterocycles. The molecule has 0 N–H and O–H groups in total. The normalized spacial score (nSPS) is 11.8. The Morgan fingerprint density at radius 1 is 0.354 bits per heavy atom. The fourth-order valence-electron chi connectivity index (χ4n) is 7.50. The number of fused-ring (bicyclic) bond motifs is 6. The Hall–Kier alpha value is -6.00. The van der Waals surface area contributed by atoms with Crippen molar-refractivity contribution >= 4 is 43.6 Å². The van der Waals surface area contributed by atoms with Gasteiger partial charge >= 0.3 is 0 Å². The van der Waals surface area contributed by atoms with Crippen LogP contribution in [0.3, 0.4) is 0 Å². The highest BCUT2D eigenvalue weighted by molar-refractivity contribution is 6.12. The third-order valence-corrected chi connectivity index (χ3v) is 9.73. The van der Waals surface area contributed by atoms with E-state index in [1.54, 1.807) is 0 Å². The molecule has 5 aromatic carbocycles. The summed E-state index contributed by atoms with van der Waals surface area (Å²) in [7, 11) is 0. The van der Waals surface area contributed by atoms with Crippen LogP contribution in [0.1, 0.15) is 22.3 Å². The molecule has 0 aliphatic rings. The average Bonchev–Trinajstić information content (AvgIpc) is 3.59. The van der Waals surface area contributed by atoms with Gasteiger partial charge in [0.15, 0.2) is 0 Å². The number of rotatable bonds is 4. The van der Waals surface area contributed by atoms with Crippen molar-refractivity contribution in [2.24, 2.45) is 0 Å². The maximum absolute atomic E-state index is 4.37. The van der Waals surface area contributed by atoms with E-state index in [1.807, 2.05) is 24.8 Å². The summed E-state index contributed by atoms with van der Waals surface area (Å²) in [5.74, 6) is 0. The standard InChI is InChI=1S/C44H34N4/c1-27-5-9-39-35(21-27)36-22-28(2)6-10-40(36)47(39)43-25-33(31-13-17-45-18-14-31)34(32-15-19-46-20-16-32)26-44(43)48-41-11-7-29(3)23-37(41)38-24-30(4)8-12-42(38)48/h5-26H,1-4H3. The summed E-state index contributed by atoms with van der Waals surface area (Å²) in [6, 6.07) is 40.6. The van der Waals surface area contributed by atoms with Gasteiger partial charge in [-0.3, -0.25) is 9.97 Å². The summed E-state index contributed by atoms with van der Waals surface area (Å²) in [6.07, 6.45) is 7.51. The fraction of sp³-hybridized carbons (Fsp3) is 0.0909. The number of pyridine rings is 2. The highest BCUT2D eigenvalue weighted by Crippen LogP contribution is 2.43. The Labute approximate surface area is 279 Å². The Bertz CT molecular complexity index is 2390. The van der Waals surface area contributed by atoms with Crippen LogP contribution < -0.4 is 0 Å². The molecule has 0 aliphatic heterocycles. The summed E-state index contributed by atoms with van der Waals surface area (Å²) < 4.78 is 4.94. The summed E-state index contributed by atoms with van der Waals surface area (Å²) in [5, 5.41) is 5.04. The summed E-state index contributed by atoms with van der Waals surface area (Å²) in [6.45, 7) is 8.71. The third kappa shape index (κ3) is 4.37. The molecular weight excluding hydrogens is 585 g/mol. The van der Waals surface area contributed by atoms with Crippen molar-refractivity contribution in [2.75, 3.05) is 0 Å². The van der Waals surface area contributed by atoms with Crippen LogP contribution >= 0.6 is 0 Å². The van der Waals surface area contributed by atoms with Gasteiger partial charge in [0.05, 0.1) is 33.4 Å². The number of benzene rings is 5. The second kappa shape index (κ2) is 10.8. The van der Waals surface area contributed by atoms with Crippen LogP contribution in [0.4, 0.5) is 0 Å². The van der Waals surface area contributed by atoms with Gasteiger partial charge in [0.1, 0.15) is 0 Å². The lowest BCUT2D eigenvalue weighted by molar-refractivity contribution is 1.09. The van der Waals surface area contributed by atoms with Gasteiger partial charge in [-0.25, -0.2) is 0 Å². The Morgan fingerprint density at radius 3 is 0.938 bits per heavy atom. The van der Waals surface area contributed by atoms with Crippen molar-refractivity contribution in [1.82, 2.24) is 19.1 Å². The predicted molar refractivity (Wildman–Crippen MR) is 201 cm³/mol. The topological polar surface area (TPSA) is 35.6 Å². The van der Waals surface area contributed by atoms with Gasteiger partial charge in [-0.2, -0.15) is 0 Å². The van der Waals surface area contributed by atoms with Crippen molar-refractivity contribution in [1.29, 1.82) is 0 Å². The van der Waals surface area contributed by atoms with Gasteiger partial charge < -0.3 is 9.13 Å². The summed E-state index contributed by atoms with van der Waals surface area (Å²) in [5.41, 5.74) is 16.5. The van der Waals surface area contributed by atoms with E-state index in [0.29, 0.717) is 0 Å². The molecular formula is C44H34N4. The first-order chi connectivity index (χ1) is 23.4. The molecule has 0 aliphatic carbocycles. The summed E-state index contributed by atoms with van der Waals surface area (Å²) >= 11 is 0. The van der Waals surface area contributed by atoms with E-state index >= 15 is 0 Å². The van der Waals surface area contributed by atoms with Crippen LogP contribution in [0.25, 0.3) is 77.2 Å². The van der Waals surface area contributed by atoms with E-state index in [4.69, 9.17) is 0 Å². The molecule has 9 rings (SSSR count). The zero-order valence-electron chi connectivity index (χ0n) is 27.5. The van der Waals surface area contributed by atoms with Crippen molar-refractivity contribution in [3.05, 3.63) is 156 Å². The number of hydrogen-bond acceptors (Lipinski definition) is 2. The van der Waals surface area contributed by atoms with E-state index in [2.05, 4.69) is 156 Å². The largest absolute Gasteiger partial charge is 0.307 e. The highest BCUT2D eigenvalue weighted by atomic mass is 15.1. The Kier molecular flexibility index (Phi) is 6.34. The second-order valence-corrected chi connectivity index (χ2v) is 13.1. The smallest absolute Gasteiger partial charge is 0.0709 e. The first kappa shape index (κ1) is 28.2. The van der Waals surface area contributed by atoms with E-state index in [1.165, 1.54) is 65.9 Å². The zero-order chi connectivity index (χ0) is 32.5. The number of aryl methyl sites for hydroxylation is 4. The predicted octanol–water partition coefficient (Wildman–Crippen LogP) is 11.2. The molecule has 0 atom stereocenters. The Morgan fingerprint density at radius 2 is 0.646 bits per heavy atom. The molecule has 0 spiro atoms.